The van der Waals surface area contributed by atoms with Gasteiger partial charge >= 0.3 is 23.5 Å². The first-order valence-corrected chi connectivity index (χ1v) is 7.48. The summed E-state index contributed by atoms with van der Waals surface area (Å²) in [4.78, 5) is 34.3. The zero-order valence-electron chi connectivity index (χ0n) is 13.0. The number of aromatic carboxylic acids is 1. The van der Waals surface area contributed by atoms with Crippen molar-refractivity contribution in [2.24, 2.45) is 0 Å². The molecule has 0 aliphatic heterocycles. The second-order valence-electron chi connectivity index (χ2n) is 4.98. The number of nitro groups is 2. The largest absolute Gasteiger partial charge is 0.478 e. The molecule has 0 saturated carbocycles. The van der Waals surface area contributed by atoms with Crippen LogP contribution in [0.25, 0.3) is 0 Å². The van der Waals surface area contributed by atoms with Crippen molar-refractivity contribution in [2.45, 2.75) is 6.18 Å². The third kappa shape index (κ3) is 4.04. The van der Waals surface area contributed by atoms with E-state index in [1.807, 2.05) is 0 Å². The topological polar surface area (TPSA) is 149 Å². The average molecular weight is 441 g/mol. The molecule has 28 heavy (non-hydrogen) atoms. The molecule has 0 atom stereocenters. The van der Waals surface area contributed by atoms with Crippen LogP contribution >= 0.6 is 23.2 Å². The number of pyridine rings is 1. The molecule has 0 aliphatic carbocycles. The lowest BCUT2D eigenvalue weighted by molar-refractivity contribution is -0.392. The van der Waals surface area contributed by atoms with Crippen LogP contribution in [-0.2, 0) is 6.18 Å². The molecule has 0 bridgehead atoms. The second-order valence-corrected chi connectivity index (χ2v) is 5.76. The first kappa shape index (κ1) is 21.1. The Balaban J connectivity index is 2.76. The van der Waals surface area contributed by atoms with Gasteiger partial charge in [-0.15, -0.1) is 0 Å². The highest BCUT2D eigenvalue weighted by molar-refractivity contribution is 6.35. The number of aromatic nitrogens is 1. The van der Waals surface area contributed by atoms with Gasteiger partial charge in [-0.25, -0.2) is 9.78 Å². The van der Waals surface area contributed by atoms with E-state index in [1.54, 1.807) is 0 Å². The molecule has 0 radical (unpaired) electrons. The Morgan fingerprint density at radius 1 is 1.18 bits per heavy atom. The Bertz CT molecular complexity index is 1010. The van der Waals surface area contributed by atoms with Gasteiger partial charge in [-0.1, -0.05) is 23.2 Å². The number of rotatable bonds is 5. The first-order chi connectivity index (χ1) is 12.8. The highest BCUT2D eigenvalue weighted by atomic mass is 35.5. The van der Waals surface area contributed by atoms with Crippen LogP contribution in [-0.4, -0.2) is 25.9 Å². The number of anilines is 2. The number of halogens is 5. The number of benzene rings is 1. The van der Waals surface area contributed by atoms with Crippen LogP contribution in [0.1, 0.15) is 15.9 Å². The number of hydrogen-bond acceptors (Lipinski definition) is 7. The predicted octanol–water partition coefficient (Wildman–Crippen LogP) is 4.67. The van der Waals surface area contributed by atoms with Gasteiger partial charge in [-0.05, 0) is 6.07 Å². The lowest BCUT2D eigenvalue weighted by Gasteiger charge is -2.13. The van der Waals surface area contributed by atoms with E-state index in [0.29, 0.717) is 0 Å². The zero-order valence-corrected chi connectivity index (χ0v) is 14.5. The van der Waals surface area contributed by atoms with Gasteiger partial charge in [-0.2, -0.15) is 13.2 Å². The molecule has 0 aliphatic rings. The minimum Gasteiger partial charge on any atom is -0.478 e. The molecule has 2 rings (SSSR count). The summed E-state index contributed by atoms with van der Waals surface area (Å²) in [5, 5.41) is 31.6. The van der Waals surface area contributed by atoms with Gasteiger partial charge in [-0.3, -0.25) is 20.2 Å². The smallest absolute Gasteiger partial charge is 0.418 e. The fourth-order valence-electron chi connectivity index (χ4n) is 2.04. The number of hydrogen-bond donors (Lipinski definition) is 2. The third-order valence-corrected chi connectivity index (χ3v) is 3.91. The molecule has 0 saturated heterocycles. The molecular formula is C13H5Cl2F3N4O6. The Morgan fingerprint density at radius 2 is 1.79 bits per heavy atom. The number of alkyl halides is 3. The highest BCUT2D eigenvalue weighted by Crippen LogP contribution is 2.48. The predicted molar refractivity (Wildman–Crippen MR) is 89.3 cm³/mol. The summed E-state index contributed by atoms with van der Waals surface area (Å²) >= 11 is 11.3. The third-order valence-electron chi connectivity index (χ3n) is 3.23. The van der Waals surface area contributed by atoms with E-state index in [9.17, 15) is 38.2 Å². The molecule has 2 N–H and O–H groups in total. The summed E-state index contributed by atoms with van der Waals surface area (Å²) in [6.45, 7) is 0. The van der Waals surface area contributed by atoms with Crippen molar-refractivity contribution in [1.29, 1.82) is 0 Å². The van der Waals surface area contributed by atoms with Gasteiger partial charge in [0.05, 0.1) is 26.0 Å². The lowest BCUT2D eigenvalue weighted by atomic mass is 10.1. The van der Waals surface area contributed by atoms with E-state index < -0.39 is 60.5 Å². The quantitative estimate of drug-likeness (QED) is 0.503. The normalized spacial score (nSPS) is 11.2. The van der Waals surface area contributed by atoms with E-state index in [4.69, 9.17) is 28.3 Å². The average Bonchev–Trinajstić information content (AvgIpc) is 2.54. The molecular weight excluding hydrogens is 436 g/mol. The van der Waals surface area contributed by atoms with Gasteiger partial charge < -0.3 is 10.4 Å². The number of nitrogens with one attached hydrogen (secondary N) is 1. The summed E-state index contributed by atoms with van der Waals surface area (Å²) in [7, 11) is 0. The van der Waals surface area contributed by atoms with E-state index in [-0.39, 0.29) is 11.6 Å². The SMILES string of the molecule is O=C(O)c1cnc(Nc2c([N+](=O)[O-])cc(C(F)(F)F)c(Cl)c2[N+](=O)[O-])c(Cl)c1. The van der Waals surface area contributed by atoms with Crippen LogP contribution in [0.15, 0.2) is 18.3 Å². The summed E-state index contributed by atoms with van der Waals surface area (Å²) < 4.78 is 39.1. The first-order valence-electron chi connectivity index (χ1n) is 6.73. The van der Waals surface area contributed by atoms with Gasteiger partial charge in [0.25, 0.3) is 0 Å². The van der Waals surface area contributed by atoms with Crippen molar-refractivity contribution < 1.29 is 32.9 Å². The molecule has 148 valence electrons. The van der Waals surface area contributed by atoms with Crippen LogP contribution in [0, 0.1) is 20.2 Å². The molecule has 0 fully saturated rings. The maximum absolute atomic E-state index is 13.0. The fourth-order valence-corrected chi connectivity index (χ4v) is 2.58. The van der Waals surface area contributed by atoms with Gasteiger partial charge in [0.15, 0.2) is 5.69 Å². The molecule has 0 unspecified atom stereocenters. The summed E-state index contributed by atoms with van der Waals surface area (Å²) in [5.41, 5.74) is -5.90. The Labute approximate surface area is 161 Å². The lowest BCUT2D eigenvalue weighted by Crippen LogP contribution is -2.11. The van der Waals surface area contributed by atoms with Crippen molar-refractivity contribution in [3.05, 3.63) is 59.7 Å². The standard InChI is InChI=1S/C13H5Cl2F3N4O6/c14-6-1-4(12(23)24)3-19-11(6)20-9-7(21(25)26)2-5(13(16,17)18)8(15)10(9)22(27)28/h1-3H,(H,19,20)(H,23,24). The summed E-state index contributed by atoms with van der Waals surface area (Å²) in [6.07, 6.45) is -4.43. The van der Waals surface area contributed by atoms with Crippen LogP contribution in [0.2, 0.25) is 10.0 Å². The zero-order chi connectivity index (χ0) is 21.4. The Morgan fingerprint density at radius 3 is 2.21 bits per heavy atom. The molecule has 1 aromatic heterocycles. The fraction of sp³-hybridized carbons (Fsp3) is 0.0769. The highest BCUT2D eigenvalue weighted by Gasteiger charge is 2.42. The number of carboxylic acids is 1. The minimum atomic E-state index is -5.20. The molecule has 10 nitrogen and oxygen atoms in total. The number of nitrogens with zero attached hydrogens (tertiary/aromatic N) is 3. The minimum absolute atomic E-state index is 0.0250. The Hall–Kier alpha value is -3.19. The number of carboxylic acid groups (broad SMARTS) is 1. The maximum Gasteiger partial charge on any atom is 0.418 e. The van der Waals surface area contributed by atoms with E-state index in [0.717, 1.165) is 12.3 Å². The van der Waals surface area contributed by atoms with E-state index in [2.05, 4.69) is 10.3 Å². The van der Waals surface area contributed by atoms with Gasteiger partial charge in [0, 0.05) is 12.3 Å². The summed E-state index contributed by atoms with van der Waals surface area (Å²) in [5.74, 6) is -1.89. The van der Waals surface area contributed by atoms with Crippen molar-refractivity contribution in [2.75, 3.05) is 5.32 Å². The van der Waals surface area contributed by atoms with Crippen LogP contribution < -0.4 is 5.32 Å². The van der Waals surface area contributed by atoms with E-state index in [1.165, 1.54) is 0 Å². The monoisotopic (exact) mass is 440 g/mol. The molecule has 0 amide bonds. The van der Waals surface area contributed by atoms with Gasteiger partial charge in [0.2, 0.25) is 0 Å². The van der Waals surface area contributed by atoms with Crippen LogP contribution in [0.3, 0.4) is 0 Å². The maximum atomic E-state index is 13.0. The van der Waals surface area contributed by atoms with Crippen molar-refractivity contribution >= 4 is 52.1 Å². The van der Waals surface area contributed by atoms with E-state index >= 15 is 0 Å². The van der Waals surface area contributed by atoms with Crippen LogP contribution in [0.5, 0.6) is 0 Å². The number of carbonyl (C=O) groups is 1. The molecule has 2 aromatic rings. The molecule has 15 heteroatoms. The second kappa shape index (κ2) is 7.44. The van der Waals surface area contributed by atoms with Crippen molar-refractivity contribution in [3.63, 3.8) is 0 Å². The molecule has 1 aromatic carbocycles. The number of nitro benzene ring substituents is 2. The molecule has 0 spiro atoms. The molecule has 1 heterocycles. The van der Waals surface area contributed by atoms with Crippen molar-refractivity contribution in [1.82, 2.24) is 4.98 Å². The van der Waals surface area contributed by atoms with Gasteiger partial charge in [0.1, 0.15) is 10.8 Å². The van der Waals surface area contributed by atoms with Crippen LogP contribution in [0.4, 0.5) is 36.1 Å². The Kier molecular flexibility index (Phi) is 5.61. The van der Waals surface area contributed by atoms with Crippen molar-refractivity contribution in [3.8, 4) is 0 Å². The summed E-state index contributed by atoms with van der Waals surface area (Å²) in [6, 6.07) is 0.903.